The summed E-state index contributed by atoms with van der Waals surface area (Å²) in [7, 11) is 0. The zero-order chi connectivity index (χ0) is 11.8. The normalized spacial score (nSPS) is 24.5. The van der Waals surface area contributed by atoms with Crippen LogP contribution in [0.3, 0.4) is 0 Å². The highest BCUT2D eigenvalue weighted by molar-refractivity contribution is 5.78. The summed E-state index contributed by atoms with van der Waals surface area (Å²) in [5.41, 5.74) is 7.01. The van der Waals surface area contributed by atoms with Crippen molar-refractivity contribution in [1.82, 2.24) is 9.97 Å². The highest BCUT2D eigenvalue weighted by atomic mass is 15.3. The molecule has 1 aromatic carbocycles. The maximum Gasteiger partial charge on any atom is 0.225 e. The highest BCUT2D eigenvalue weighted by Crippen LogP contribution is 2.21. The molecule has 4 nitrogen and oxygen atoms in total. The number of aromatic nitrogens is 2. The van der Waals surface area contributed by atoms with Crippen molar-refractivity contribution in [3.63, 3.8) is 0 Å². The topological polar surface area (TPSA) is 55.0 Å². The minimum atomic E-state index is 0.227. The molecule has 2 heterocycles. The zero-order valence-electron chi connectivity index (χ0n) is 9.87. The molecule has 0 bridgehead atoms. The molecule has 1 saturated heterocycles. The number of nitrogens with zero attached hydrogens (tertiary/aromatic N) is 3. The van der Waals surface area contributed by atoms with Crippen molar-refractivity contribution in [2.45, 2.75) is 13.0 Å². The number of hydrogen-bond donors (Lipinski definition) is 1. The minimum absolute atomic E-state index is 0.227. The Balaban J connectivity index is 1.96. The first kappa shape index (κ1) is 10.5. The molecular formula is C13H16N4. The van der Waals surface area contributed by atoms with E-state index in [2.05, 4.69) is 21.8 Å². The molecule has 2 atom stereocenters. The lowest BCUT2D eigenvalue weighted by molar-refractivity contribution is 0.566. The van der Waals surface area contributed by atoms with Gasteiger partial charge in [0.05, 0.1) is 5.52 Å². The van der Waals surface area contributed by atoms with Crippen molar-refractivity contribution in [2.24, 2.45) is 11.7 Å². The van der Waals surface area contributed by atoms with Crippen LogP contribution in [0.5, 0.6) is 0 Å². The predicted molar refractivity (Wildman–Crippen MR) is 68.9 cm³/mol. The number of hydrogen-bond acceptors (Lipinski definition) is 4. The van der Waals surface area contributed by atoms with Crippen LogP contribution in [0, 0.1) is 5.92 Å². The van der Waals surface area contributed by atoms with Gasteiger partial charge < -0.3 is 10.6 Å². The molecule has 3 rings (SSSR count). The number of rotatable bonds is 1. The van der Waals surface area contributed by atoms with E-state index >= 15 is 0 Å². The standard InChI is InChI=1S/C13H16N4/c1-9-7-17(8-11(9)14)13-15-6-10-4-2-3-5-12(10)16-13/h2-6,9,11H,7-8,14H2,1H3. The molecule has 2 unspecified atom stereocenters. The van der Waals surface area contributed by atoms with Crippen molar-refractivity contribution < 1.29 is 0 Å². The smallest absolute Gasteiger partial charge is 0.225 e. The molecule has 2 aromatic rings. The summed E-state index contributed by atoms with van der Waals surface area (Å²) in [6.45, 7) is 3.96. The fourth-order valence-electron chi connectivity index (χ4n) is 2.27. The van der Waals surface area contributed by atoms with Gasteiger partial charge in [-0.2, -0.15) is 0 Å². The number of para-hydroxylation sites is 1. The van der Waals surface area contributed by atoms with Crippen molar-refractivity contribution in [3.8, 4) is 0 Å². The van der Waals surface area contributed by atoms with E-state index in [1.54, 1.807) is 0 Å². The SMILES string of the molecule is CC1CN(c2ncc3ccccc3n2)CC1N. The summed E-state index contributed by atoms with van der Waals surface area (Å²) in [5, 5.41) is 1.08. The van der Waals surface area contributed by atoms with E-state index < -0.39 is 0 Å². The van der Waals surface area contributed by atoms with E-state index in [-0.39, 0.29) is 6.04 Å². The van der Waals surface area contributed by atoms with E-state index in [1.807, 2.05) is 30.5 Å². The summed E-state index contributed by atoms with van der Waals surface area (Å²) >= 11 is 0. The lowest BCUT2D eigenvalue weighted by Crippen LogP contribution is -2.29. The molecule has 88 valence electrons. The van der Waals surface area contributed by atoms with Crippen molar-refractivity contribution in [3.05, 3.63) is 30.5 Å². The first-order chi connectivity index (χ1) is 8.24. The molecular weight excluding hydrogens is 212 g/mol. The third-order valence-electron chi connectivity index (χ3n) is 3.43. The van der Waals surface area contributed by atoms with Crippen molar-refractivity contribution in [1.29, 1.82) is 0 Å². The van der Waals surface area contributed by atoms with E-state index in [4.69, 9.17) is 5.73 Å². The van der Waals surface area contributed by atoms with Gasteiger partial charge in [0.1, 0.15) is 0 Å². The lowest BCUT2D eigenvalue weighted by Gasteiger charge is -2.15. The molecule has 2 N–H and O–H groups in total. The van der Waals surface area contributed by atoms with Gasteiger partial charge >= 0.3 is 0 Å². The first-order valence-electron chi connectivity index (χ1n) is 5.96. The van der Waals surface area contributed by atoms with Crippen LogP contribution in [0.4, 0.5) is 5.95 Å². The molecule has 0 aliphatic carbocycles. The van der Waals surface area contributed by atoms with E-state index in [1.165, 1.54) is 0 Å². The highest BCUT2D eigenvalue weighted by Gasteiger charge is 2.28. The predicted octanol–water partition coefficient (Wildman–Crippen LogP) is 1.41. The van der Waals surface area contributed by atoms with Crippen LogP contribution in [0.2, 0.25) is 0 Å². The zero-order valence-corrected chi connectivity index (χ0v) is 9.87. The third kappa shape index (κ3) is 1.85. The quantitative estimate of drug-likeness (QED) is 0.802. The van der Waals surface area contributed by atoms with Crippen LogP contribution >= 0.6 is 0 Å². The molecule has 1 fully saturated rings. The van der Waals surface area contributed by atoms with Gasteiger partial charge in [0.15, 0.2) is 0 Å². The maximum absolute atomic E-state index is 6.02. The Labute approximate surface area is 100 Å². The monoisotopic (exact) mass is 228 g/mol. The Kier molecular flexibility index (Phi) is 2.44. The maximum atomic E-state index is 6.02. The number of fused-ring (bicyclic) bond motifs is 1. The fraction of sp³-hybridized carbons (Fsp3) is 0.385. The van der Waals surface area contributed by atoms with Gasteiger partial charge in [-0.05, 0) is 12.0 Å². The van der Waals surface area contributed by atoms with Gasteiger partial charge in [0.2, 0.25) is 5.95 Å². The van der Waals surface area contributed by atoms with Gasteiger partial charge in [-0.25, -0.2) is 9.97 Å². The molecule has 0 radical (unpaired) electrons. The number of anilines is 1. The average Bonchev–Trinajstić information content (AvgIpc) is 2.69. The summed E-state index contributed by atoms with van der Waals surface area (Å²) in [6, 6.07) is 8.26. The molecule has 0 spiro atoms. The van der Waals surface area contributed by atoms with E-state index in [9.17, 15) is 0 Å². The first-order valence-corrected chi connectivity index (χ1v) is 5.96. The van der Waals surface area contributed by atoms with Gasteiger partial charge in [-0.1, -0.05) is 25.1 Å². The van der Waals surface area contributed by atoms with Crippen LogP contribution < -0.4 is 10.6 Å². The fourth-order valence-corrected chi connectivity index (χ4v) is 2.27. The molecule has 0 amide bonds. The van der Waals surface area contributed by atoms with Crippen LogP contribution in [-0.4, -0.2) is 29.1 Å². The molecule has 1 aliphatic heterocycles. The Hall–Kier alpha value is -1.68. The molecule has 1 aromatic heterocycles. The summed E-state index contributed by atoms with van der Waals surface area (Å²) < 4.78 is 0. The summed E-state index contributed by atoms with van der Waals surface area (Å²) in [5.74, 6) is 1.30. The van der Waals surface area contributed by atoms with Gasteiger partial charge in [-0.15, -0.1) is 0 Å². The second kappa shape index (κ2) is 3.96. The van der Waals surface area contributed by atoms with Gasteiger partial charge in [0.25, 0.3) is 0 Å². The third-order valence-corrected chi connectivity index (χ3v) is 3.43. The molecule has 0 saturated carbocycles. The van der Waals surface area contributed by atoms with E-state index in [0.29, 0.717) is 5.92 Å². The van der Waals surface area contributed by atoms with E-state index in [0.717, 1.165) is 29.9 Å². The average molecular weight is 228 g/mol. The van der Waals surface area contributed by atoms with Crippen LogP contribution in [0.25, 0.3) is 10.9 Å². The summed E-state index contributed by atoms with van der Waals surface area (Å²) in [6.07, 6.45) is 1.88. The number of benzene rings is 1. The Morgan fingerprint density at radius 3 is 2.88 bits per heavy atom. The second-order valence-corrected chi connectivity index (χ2v) is 4.77. The van der Waals surface area contributed by atoms with Crippen LogP contribution in [0.15, 0.2) is 30.5 Å². The van der Waals surface area contributed by atoms with Crippen molar-refractivity contribution in [2.75, 3.05) is 18.0 Å². The van der Waals surface area contributed by atoms with Crippen LogP contribution in [0.1, 0.15) is 6.92 Å². The molecule has 17 heavy (non-hydrogen) atoms. The number of nitrogens with two attached hydrogens (primary N) is 1. The lowest BCUT2D eigenvalue weighted by atomic mass is 10.1. The Morgan fingerprint density at radius 2 is 2.12 bits per heavy atom. The molecule has 4 heteroatoms. The van der Waals surface area contributed by atoms with Gasteiger partial charge in [-0.3, -0.25) is 0 Å². The molecule has 1 aliphatic rings. The largest absolute Gasteiger partial charge is 0.339 e. The summed E-state index contributed by atoms with van der Waals surface area (Å²) in [4.78, 5) is 11.2. The minimum Gasteiger partial charge on any atom is -0.339 e. The Morgan fingerprint density at radius 1 is 1.29 bits per heavy atom. The Bertz CT molecular complexity index is 530. The van der Waals surface area contributed by atoms with Gasteiger partial charge in [0, 0.05) is 30.7 Å². The van der Waals surface area contributed by atoms with Crippen molar-refractivity contribution >= 4 is 16.9 Å². The second-order valence-electron chi connectivity index (χ2n) is 4.77. The van der Waals surface area contributed by atoms with Crippen LogP contribution in [-0.2, 0) is 0 Å².